The largest absolute Gasteiger partial charge is 0.310 e. The van der Waals surface area contributed by atoms with Gasteiger partial charge in [-0.3, -0.25) is 10.1 Å². The van der Waals surface area contributed by atoms with Crippen molar-refractivity contribution < 1.29 is 9.31 Å². The van der Waals surface area contributed by atoms with Crippen LogP contribution in [0.2, 0.25) is 0 Å². The van der Waals surface area contributed by atoms with Crippen LogP contribution in [0.25, 0.3) is 0 Å². The third-order valence-corrected chi connectivity index (χ3v) is 4.66. The van der Waals surface area contributed by atoms with Crippen LogP contribution in [0.5, 0.6) is 0 Å². The minimum absolute atomic E-state index is 0.352. The van der Waals surface area contributed by atoms with Crippen LogP contribution >= 0.6 is 0 Å². The van der Waals surface area contributed by atoms with Gasteiger partial charge in [0.2, 0.25) is 5.82 Å². The average Bonchev–Trinajstić information content (AvgIpc) is 2.93. The molecule has 0 spiro atoms. The van der Waals surface area contributed by atoms with E-state index in [2.05, 4.69) is 10.2 Å². The number of piperidine rings is 1. The molecule has 2 fully saturated rings. The number of nitro groups is 1. The fourth-order valence-electron chi connectivity index (χ4n) is 3.51. The highest BCUT2D eigenvalue weighted by atomic mass is 19.1. The van der Waals surface area contributed by atoms with Gasteiger partial charge in [-0.05, 0) is 38.8 Å². The normalized spacial score (nSPS) is 25.8. The Balaban J connectivity index is 1.60. The summed E-state index contributed by atoms with van der Waals surface area (Å²) >= 11 is 0. The van der Waals surface area contributed by atoms with Crippen LogP contribution in [-0.4, -0.2) is 35.0 Å². The molecule has 6 heteroatoms. The van der Waals surface area contributed by atoms with E-state index < -0.39 is 16.4 Å². The molecule has 2 heterocycles. The highest BCUT2D eigenvalue weighted by molar-refractivity contribution is 5.36. The summed E-state index contributed by atoms with van der Waals surface area (Å²) in [6, 6.07) is 5.39. The molecule has 0 aromatic heterocycles. The van der Waals surface area contributed by atoms with Crippen molar-refractivity contribution in [3.8, 4) is 0 Å². The van der Waals surface area contributed by atoms with Gasteiger partial charge in [-0.2, -0.15) is 4.39 Å². The van der Waals surface area contributed by atoms with E-state index in [0.29, 0.717) is 24.2 Å². The van der Waals surface area contributed by atoms with Crippen molar-refractivity contribution in [3.63, 3.8) is 0 Å². The van der Waals surface area contributed by atoms with Gasteiger partial charge >= 0.3 is 5.69 Å². The Hall–Kier alpha value is -1.53. The van der Waals surface area contributed by atoms with E-state index in [1.807, 2.05) is 0 Å². The Kier molecular flexibility index (Phi) is 4.17. The van der Waals surface area contributed by atoms with Crippen molar-refractivity contribution >= 4 is 5.69 Å². The predicted molar refractivity (Wildman–Crippen MR) is 77.5 cm³/mol. The molecule has 0 saturated carbocycles. The summed E-state index contributed by atoms with van der Waals surface area (Å²) in [6.07, 6.45) is 4.68. The summed E-state index contributed by atoms with van der Waals surface area (Å²) in [6.45, 7) is 2.65. The molecule has 0 bridgehead atoms. The third-order valence-electron chi connectivity index (χ3n) is 4.66. The van der Waals surface area contributed by atoms with Crippen molar-refractivity contribution in [1.82, 2.24) is 10.2 Å². The van der Waals surface area contributed by atoms with Crippen LogP contribution in [0, 0.1) is 15.9 Å². The smallest absolute Gasteiger partial charge is 0.305 e. The van der Waals surface area contributed by atoms with E-state index in [0.717, 1.165) is 19.4 Å². The number of rotatable bonds is 4. The number of nitro benzene ring substituents is 1. The summed E-state index contributed by atoms with van der Waals surface area (Å²) in [5, 5.41) is 14.1. The maximum atomic E-state index is 14.0. The van der Waals surface area contributed by atoms with Gasteiger partial charge in [-0.1, -0.05) is 12.1 Å². The molecule has 1 N–H and O–H groups in total. The van der Waals surface area contributed by atoms with E-state index in [1.54, 1.807) is 6.07 Å². The fraction of sp³-hybridized carbons (Fsp3) is 0.600. The lowest BCUT2D eigenvalue weighted by Gasteiger charge is -2.35. The van der Waals surface area contributed by atoms with E-state index in [1.165, 1.54) is 31.5 Å². The first kappa shape index (κ1) is 14.4. The van der Waals surface area contributed by atoms with Gasteiger partial charge in [0, 0.05) is 30.3 Å². The van der Waals surface area contributed by atoms with E-state index >= 15 is 0 Å². The Bertz CT molecular complexity index is 538. The molecule has 1 aromatic carbocycles. The standard InChI is InChI=1S/C15H20FN3O2/c16-15-11(3-1-5-14(15)19(20)21)10-17-12-6-8-18-7-2-4-13(18)9-12/h1,3,5,12-13,17H,2,4,6-10H2. The zero-order valence-corrected chi connectivity index (χ0v) is 11.9. The predicted octanol–water partition coefficient (Wildman–Crippen LogP) is 2.45. The molecule has 2 aliphatic heterocycles. The molecule has 0 amide bonds. The van der Waals surface area contributed by atoms with E-state index in [-0.39, 0.29) is 0 Å². The lowest BCUT2D eigenvalue weighted by molar-refractivity contribution is -0.387. The molecule has 0 aliphatic carbocycles. The fourth-order valence-corrected chi connectivity index (χ4v) is 3.51. The molecule has 114 valence electrons. The highest BCUT2D eigenvalue weighted by Gasteiger charge is 2.31. The summed E-state index contributed by atoms with van der Waals surface area (Å²) < 4.78 is 14.0. The molecule has 2 aliphatic rings. The second-order valence-electron chi connectivity index (χ2n) is 5.94. The summed E-state index contributed by atoms with van der Waals surface area (Å²) in [5.41, 5.74) is -0.0713. The molecule has 2 unspecified atom stereocenters. The first-order chi connectivity index (χ1) is 10.1. The number of nitrogens with one attached hydrogen (secondary N) is 1. The van der Waals surface area contributed by atoms with Crippen molar-refractivity contribution in [2.75, 3.05) is 13.1 Å². The molecule has 0 radical (unpaired) electrons. The van der Waals surface area contributed by atoms with Gasteiger partial charge in [0.1, 0.15) is 0 Å². The monoisotopic (exact) mass is 293 g/mol. The molecule has 21 heavy (non-hydrogen) atoms. The van der Waals surface area contributed by atoms with Crippen LogP contribution in [-0.2, 0) is 6.54 Å². The summed E-state index contributed by atoms with van der Waals surface area (Å²) in [4.78, 5) is 12.6. The third kappa shape index (κ3) is 3.06. The second kappa shape index (κ2) is 6.07. The van der Waals surface area contributed by atoms with Gasteiger partial charge in [0.25, 0.3) is 0 Å². The van der Waals surface area contributed by atoms with Gasteiger partial charge in [-0.25, -0.2) is 0 Å². The Morgan fingerprint density at radius 3 is 3.05 bits per heavy atom. The number of nitrogens with zero attached hydrogens (tertiary/aromatic N) is 2. The Labute approximate surface area is 123 Å². The molecule has 1 aromatic rings. The highest BCUT2D eigenvalue weighted by Crippen LogP contribution is 2.27. The number of hydrogen-bond donors (Lipinski definition) is 1. The second-order valence-corrected chi connectivity index (χ2v) is 5.94. The topological polar surface area (TPSA) is 58.4 Å². The Morgan fingerprint density at radius 2 is 2.24 bits per heavy atom. The SMILES string of the molecule is O=[N+]([O-])c1cccc(CNC2CCN3CCCC3C2)c1F. The Morgan fingerprint density at radius 1 is 1.38 bits per heavy atom. The zero-order valence-electron chi connectivity index (χ0n) is 11.9. The first-order valence-corrected chi connectivity index (χ1v) is 7.54. The maximum absolute atomic E-state index is 14.0. The first-order valence-electron chi connectivity index (χ1n) is 7.54. The van der Waals surface area contributed by atoms with Crippen LogP contribution in [0.4, 0.5) is 10.1 Å². The molecule has 2 atom stereocenters. The van der Waals surface area contributed by atoms with Crippen molar-refractivity contribution in [2.45, 2.75) is 44.3 Å². The van der Waals surface area contributed by atoms with E-state index in [9.17, 15) is 14.5 Å². The van der Waals surface area contributed by atoms with E-state index in [4.69, 9.17) is 0 Å². The molecule has 3 rings (SSSR count). The maximum Gasteiger partial charge on any atom is 0.305 e. The molecule has 5 nitrogen and oxygen atoms in total. The number of benzene rings is 1. The van der Waals surface area contributed by atoms with Crippen molar-refractivity contribution in [1.29, 1.82) is 0 Å². The lowest BCUT2D eigenvalue weighted by Crippen LogP contribution is -2.45. The number of hydrogen-bond acceptors (Lipinski definition) is 4. The lowest BCUT2D eigenvalue weighted by atomic mass is 9.97. The zero-order chi connectivity index (χ0) is 14.8. The van der Waals surface area contributed by atoms with Crippen molar-refractivity contribution in [2.24, 2.45) is 0 Å². The van der Waals surface area contributed by atoms with Gasteiger partial charge in [0.05, 0.1) is 4.92 Å². The average molecular weight is 293 g/mol. The summed E-state index contributed by atoms with van der Waals surface area (Å²) in [7, 11) is 0. The van der Waals surface area contributed by atoms with Gasteiger partial charge in [-0.15, -0.1) is 0 Å². The van der Waals surface area contributed by atoms with Crippen molar-refractivity contribution in [3.05, 3.63) is 39.7 Å². The summed E-state index contributed by atoms with van der Waals surface area (Å²) in [5.74, 6) is -0.715. The minimum atomic E-state index is -0.715. The molecular weight excluding hydrogens is 273 g/mol. The number of fused-ring (bicyclic) bond motifs is 1. The minimum Gasteiger partial charge on any atom is -0.310 e. The molecular formula is C15H20FN3O2. The molecule has 2 saturated heterocycles. The van der Waals surface area contributed by atoms with Crippen LogP contribution in [0.3, 0.4) is 0 Å². The van der Waals surface area contributed by atoms with Crippen LogP contribution in [0.1, 0.15) is 31.2 Å². The van der Waals surface area contributed by atoms with Crippen LogP contribution in [0.15, 0.2) is 18.2 Å². The van der Waals surface area contributed by atoms with Crippen LogP contribution < -0.4 is 5.32 Å². The van der Waals surface area contributed by atoms with Gasteiger partial charge < -0.3 is 10.2 Å². The number of halogens is 1. The quantitative estimate of drug-likeness (QED) is 0.684. The van der Waals surface area contributed by atoms with Gasteiger partial charge in [0.15, 0.2) is 0 Å².